The molecule has 9 heteroatoms. The summed E-state index contributed by atoms with van der Waals surface area (Å²) < 4.78 is 0. The van der Waals surface area contributed by atoms with E-state index in [1.807, 2.05) is 31.2 Å². The molecule has 0 aliphatic carbocycles. The average Bonchev–Trinajstić information content (AvgIpc) is 2.76. The molecule has 1 aliphatic heterocycles. The Kier molecular flexibility index (Phi) is 7.32. The van der Waals surface area contributed by atoms with E-state index in [0.717, 1.165) is 37.3 Å². The van der Waals surface area contributed by atoms with Gasteiger partial charge in [-0.2, -0.15) is 0 Å². The van der Waals surface area contributed by atoms with E-state index in [0.29, 0.717) is 0 Å². The molecule has 31 heavy (non-hydrogen) atoms. The standard InChI is InChI=1S/C22H27N5O4/c1-16-6-8-17(9-7-16)20(26-12-10-25(2)11-13-26)15-23-21(28)22(29)24-18-4-3-5-19(14-18)27(30)31/h3-9,14,20H,10-13,15H2,1-2H3,(H,23,28)(H,24,29)/t20-/m0/s1. The van der Waals surface area contributed by atoms with Crippen LogP contribution in [0.2, 0.25) is 0 Å². The fourth-order valence-corrected chi connectivity index (χ4v) is 3.53. The summed E-state index contributed by atoms with van der Waals surface area (Å²) in [5.74, 6) is -1.64. The summed E-state index contributed by atoms with van der Waals surface area (Å²) in [6, 6.07) is 13.6. The van der Waals surface area contributed by atoms with Crippen LogP contribution in [0.4, 0.5) is 11.4 Å². The van der Waals surface area contributed by atoms with Crippen LogP contribution in [0.15, 0.2) is 48.5 Å². The van der Waals surface area contributed by atoms with Crippen LogP contribution in [0, 0.1) is 17.0 Å². The van der Waals surface area contributed by atoms with Crippen LogP contribution >= 0.6 is 0 Å². The number of non-ortho nitro benzene ring substituents is 1. The number of rotatable bonds is 6. The van der Waals surface area contributed by atoms with Crippen molar-refractivity contribution in [2.24, 2.45) is 0 Å². The van der Waals surface area contributed by atoms with Gasteiger partial charge >= 0.3 is 11.8 Å². The summed E-state index contributed by atoms with van der Waals surface area (Å²) in [6.45, 7) is 5.91. The van der Waals surface area contributed by atoms with E-state index >= 15 is 0 Å². The molecule has 0 bridgehead atoms. The molecule has 0 radical (unpaired) electrons. The Morgan fingerprint density at radius 2 is 1.74 bits per heavy atom. The molecule has 2 aromatic carbocycles. The van der Waals surface area contributed by atoms with Gasteiger partial charge in [-0.1, -0.05) is 35.9 Å². The van der Waals surface area contributed by atoms with Crippen molar-refractivity contribution in [3.8, 4) is 0 Å². The van der Waals surface area contributed by atoms with E-state index in [-0.39, 0.29) is 24.0 Å². The topological polar surface area (TPSA) is 108 Å². The zero-order valence-electron chi connectivity index (χ0n) is 17.7. The number of aryl methyl sites for hydroxylation is 1. The number of amides is 2. The molecule has 0 unspecified atom stereocenters. The Balaban J connectivity index is 1.65. The molecule has 3 rings (SSSR count). The Labute approximate surface area is 181 Å². The van der Waals surface area contributed by atoms with Crippen molar-refractivity contribution in [3.05, 3.63) is 69.8 Å². The van der Waals surface area contributed by atoms with E-state index in [1.54, 1.807) is 0 Å². The Bertz CT molecular complexity index is 939. The van der Waals surface area contributed by atoms with Gasteiger partial charge in [-0.15, -0.1) is 0 Å². The number of anilines is 1. The lowest BCUT2D eigenvalue weighted by atomic mass is 10.0. The molecule has 9 nitrogen and oxygen atoms in total. The van der Waals surface area contributed by atoms with Crippen molar-refractivity contribution in [1.29, 1.82) is 0 Å². The first-order valence-corrected chi connectivity index (χ1v) is 10.2. The number of likely N-dealkylation sites (N-methyl/N-ethyl adjacent to an activating group) is 1. The molecule has 0 aromatic heterocycles. The lowest BCUT2D eigenvalue weighted by molar-refractivity contribution is -0.384. The SMILES string of the molecule is Cc1ccc([C@H](CNC(=O)C(=O)Nc2cccc([N+](=O)[O-])c2)N2CCN(C)CC2)cc1. The molecule has 164 valence electrons. The number of benzene rings is 2. The van der Waals surface area contributed by atoms with Crippen molar-refractivity contribution in [1.82, 2.24) is 15.1 Å². The molecule has 2 N–H and O–H groups in total. The highest BCUT2D eigenvalue weighted by molar-refractivity contribution is 6.39. The number of carbonyl (C=O) groups is 2. The van der Waals surface area contributed by atoms with Gasteiger partial charge in [0, 0.05) is 50.5 Å². The van der Waals surface area contributed by atoms with Gasteiger partial charge in [0.05, 0.1) is 11.0 Å². The number of nitro benzene ring substituents is 1. The van der Waals surface area contributed by atoms with Gasteiger partial charge in [-0.3, -0.25) is 24.6 Å². The van der Waals surface area contributed by atoms with Crippen LogP contribution in [-0.4, -0.2) is 66.3 Å². The highest BCUT2D eigenvalue weighted by Gasteiger charge is 2.25. The molecular formula is C22H27N5O4. The first-order valence-electron chi connectivity index (χ1n) is 10.2. The molecule has 1 heterocycles. The largest absolute Gasteiger partial charge is 0.346 e. The lowest BCUT2D eigenvalue weighted by Gasteiger charge is -2.38. The average molecular weight is 425 g/mol. The van der Waals surface area contributed by atoms with Crippen molar-refractivity contribution < 1.29 is 14.5 Å². The summed E-state index contributed by atoms with van der Waals surface area (Å²) >= 11 is 0. The quantitative estimate of drug-likeness (QED) is 0.416. The molecule has 0 saturated carbocycles. The third kappa shape index (κ3) is 6.09. The number of nitrogens with zero attached hydrogens (tertiary/aromatic N) is 3. The first kappa shape index (κ1) is 22.4. The van der Waals surface area contributed by atoms with Gasteiger partial charge in [0.25, 0.3) is 5.69 Å². The summed E-state index contributed by atoms with van der Waals surface area (Å²) in [6.07, 6.45) is 0. The summed E-state index contributed by atoms with van der Waals surface area (Å²) in [5.41, 5.74) is 2.27. The normalized spacial score (nSPS) is 15.8. The zero-order valence-corrected chi connectivity index (χ0v) is 17.7. The Morgan fingerprint density at radius 1 is 1.06 bits per heavy atom. The number of piperazine rings is 1. The number of hydrogen-bond acceptors (Lipinski definition) is 6. The fourth-order valence-electron chi connectivity index (χ4n) is 3.53. The second-order valence-corrected chi connectivity index (χ2v) is 7.74. The minimum Gasteiger partial charge on any atom is -0.346 e. The van der Waals surface area contributed by atoms with Gasteiger partial charge in [-0.05, 0) is 25.6 Å². The maximum atomic E-state index is 12.4. The van der Waals surface area contributed by atoms with Gasteiger partial charge in [-0.25, -0.2) is 0 Å². The van der Waals surface area contributed by atoms with E-state index in [4.69, 9.17) is 0 Å². The third-order valence-electron chi connectivity index (χ3n) is 5.42. The molecule has 1 aliphatic rings. The molecule has 1 fully saturated rings. The summed E-state index contributed by atoms with van der Waals surface area (Å²) in [7, 11) is 2.08. The Hall–Kier alpha value is -3.30. The third-order valence-corrected chi connectivity index (χ3v) is 5.42. The predicted molar refractivity (Wildman–Crippen MR) is 118 cm³/mol. The molecule has 2 aromatic rings. The maximum Gasteiger partial charge on any atom is 0.313 e. The molecule has 1 saturated heterocycles. The van der Waals surface area contributed by atoms with Crippen LogP contribution in [0.25, 0.3) is 0 Å². The van der Waals surface area contributed by atoms with E-state index in [9.17, 15) is 19.7 Å². The van der Waals surface area contributed by atoms with Crippen LogP contribution in [0.3, 0.4) is 0 Å². The van der Waals surface area contributed by atoms with Gasteiger partial charge in [0.15, 0.2) is 0 Å². The van der Waals surface area contributed by atoms with E-state index in [1.165, 1.54) is 24.3 Å². The molecular weight excluding hydrogens is 398 g/mol. The Morgan fingerprint density at radius 3 is 2.39 bits per heavy atom. The van der Waals surface area contributed by atoms with Crippen molar-refractivity contribution >= 4 is 23.2 Å². The van der Waals surface area contributed by atoms with Crippen molar-refractivity contribution in [3.63, 3.8) is 0 Å². The first-order chi connectivity index (χ1) is 14.8. The van der Waals surface area contributed by atoms with E-state index < -0.39 is 16.7 Å². The monoisotopic (exact) mass is 425 g/mol. The van der Waals surface area contributed by atoms with Gasteiger partial charge < -0.3 is 15.5 Å². The second-order valence-electron chi connectivity index (χ2n) is 7.74. The smallest absolute Gasteiger partial charge is 0.313 e. The van der Waals surface area contributed by atoms with Crippen LogP contribution in [0.5, 0.6) is 0 Å². The number of nitrogens with one attached hydrogen (secondary N) is 2. The van der Waals surface area contributed by atoms with Crippen LogP contribution in [-0.2, 0) is 9.59 Å². The zero-order chi connectivity index (χ0) is 22.4. The lowest BCUT2D eigenvalue weighted by Crippen LogP contribution is -2.49. The number of hydrogen-bond donors (Lipinski definition) is 2. The van der Waals surface area contributed by atoms with Crippen molar-refractivity contribution in [2.75, 3.05) is 45.1 Å². The van der Waals surface area contributed by atoms with Crippen LogP contribution < -0.4 is 10.6 Å². The number of carbonyl (C=O) groups excluding carboxylic acids is 2. The molecule has 1 atom stereocenters. The number of nitro groups is 1. The highest BCUT2D eigenvalue weighted by atomic mass is 16.6. The summed E-state index contributed by atoms with van der Waals surface area (Å²) in [4.78, 5) is 39.6. The van der Waals surface area contributed by atoms with Crippen molar-refractivity contribution in [2.45, 2.75) is 13.0 Å². The van der Waals surface area contributed by atoms with E-state index in [2.05, 4.69) is 27.5 Å². The summed E-state index contributed by atoms with van der Waals surface area (Å²) in [5, 5.41) is 16.0. The minimum atomic E-state index is -0.860. The predicted octanol–water partition coefficient (Wildman–Crippen LogP) is 1.95. The highest BCUT2D eigenvalue weighted by Crippen LogP contribution is 2.22. The van der Waals surface area contributed by atoms with Gasteiger partial charge in [0.2, 0.25) is 0 Å². The molecule has 2 amide bonds. The second kappa shape index (κ2) is 10.1. The van der Waals surface area contributed by atoms with Gasteiger partial charge in [0.1, 0.15) is 0 Å². The fraction of sp³-hybridized carbons (Fsp3) is 0.364. The molecule has 0 spiro atoms. The minimum absolute atomic E-state index is 0.0520. The maximum absolute atomic E-state index is 12.4. The van der Waals surface area contributed by atoms with Crippen LogP contribution in [0.1, 0.15) is 17.2 Å².